The molecule has 2 atom stereocenters. The molecule has 0 bridgehead atoms. The lowest BCUT2D eigenvalue weighted by molar-refractivity contribution is 0.0695. The number of halogens is 1. The molecule has 2 aliphatic rings. The highest BCUT2D eigenvalue weighted by molar-refractivity contribution is 6.28. The van der Waals surface area contributed by atoms with Gasteiger partial charge in [0.1, 0.15) is 6.10 Å². The molecular formula is C18H26ClN5O3. The van der Waals surface area contributed by atoms with Crippen LogP contribution in [-0.2, 0) is 11.8 Å². The summed E-state index contributed by atoms with van der Waals surface area (Å²) in [6, 6.07) is 0.371. The lowest BCUT2D eigenvalue weighted by atomic mass is 10.1. The number of hydrogen-bond donors (Lipinski definition) is 0. The normalized spacial score (nSPS) is 23.2. The molecule has 2 fully saturated rings. The monoisotopic (exact) mass is 395 g/mol. The van der Waals surface area contributed by atoms with Gasteiger partial charge in [-0.15, -0.1) is 0 Å². The van der Waals surface area contributed by atoms with Crippen LogP contribution in [-0.4, -0.2) is 63.0 Å². The van der Waals surface area contributed by atoms with E-state index in [1.54, 1.807) is 16.2 Å². The molecule has 2 saturated heterocycles. The number of nitrogens with zero attached hydrogens (tertiary/aromatic N) is 5. The van der Waals surface area contributed by atoms with E-state index in [4.69, 9.17) is 21.1 Å². The van der Waals surface area contributed by atoms with Crippen LogP contribution in [0.3, 0.4) is 0 Å². The Balaban J connectivity index is 1.76. The van der Waals surface area contributed by atoms with Gasteiger partial charge in [-0.2, -0.15) is 9.97 Å². The first-order valence-corrected chi connectivity index (χ1v) is 9.94. The molecule has 2 aliphatic heterocycles. The van der Waals surface area contributed by atoms with Crippen LogP contribution in [0.5, 0.6) is 5.88 Å². The minimum Gasteiger partial charge on any atom is -0.471 e. The summed E-state index contributed by atoms with van der Waals surface area (Å²) in [7, 11) is 3.84. The molecule has 0 saturated carbocycles. The number of likely N-dealkylation sites (N-methyl/N-ethyl adjacent to an activating group) is 1. The SMILES string of the molecule is C[C@H](Oc1nc(Cl)nc2c1n(C)c(=O)n2C1CCOCC1)[C@@H]1CCCN1C. The van der Waals surface area contributed by atoms with Crippen molar-refractivity contribution in [3.63, 3.8) is 0 Å². The molecule has 0 unspecified atom stereocenters. The van der Waals surface area contributed by atoms with Crippen LogP contribution in [0.2, 0.25) is 5.28 Å². The maximum Gasteiger partial charge on any atom is 0.330 e. The van der Waals surface area contributed by atoms with Gasteiger partial charge in [0.15, 0.2) is 11.2 Å². The third kappa shape index (κ3) is 3.34. The zero-order chi connectivity index (χ0) is 19.1. The summed E-state index contributed by atoms with van der Waals surface area (Å²) in [5.74, 6) is 0.378. The molecule has 2 aromatic heterocycles. The second-order valence-corrected chi connectivity index (χ2v) is 7.88. The van der Waals surface area contributed by atoms with Crippen molar-refractivity contribution in [2.24, 2.45) is 7.05 Å². The number of likely N-dealkylation sites (tertiary alicyclic amines) is 1. The van der Waals surface area contributed by atoms with Gasteiger partial charge in [-0.3, -0.25) is 14.0 Å². The number of hydrogen-bond acceptors (Lipinski definition) is 6. The maximum atomic E-state index is 13.0. The van der Waals surface area contributed by atoms with Crippen LogP contribution in [0.4, 0.5) is 0 Å². The van der Waals surface area contributed by atoms with Crippen LogP contribution in [0, 0.1) is 0 Å². The summed E-state index contributed by atoms with van der Waals surface area (Å²) in [4.78, 5) is 24.0. The van der Waals surface area contributed by atoms with Gasteiger partial charge < -0.3 is 9.47 Å². The first-order valence-electron chi connectivity index (χ1n) is 9.56. The van der Waals surface area contributed by atoms with Crippen molar-refractivity contribution in [3.8, 4) is 5.88 Å². The minimum absolute atomic E-state index is 0.0483. The fourth-order valence-corrected chi connectivity index (χ4v) is 4.50. The van der Waals surface area contributed by atoms with E-state index in [2.05, 4.69) is 21.9 Å². The lowest BCUT2D eigenvalue weighted by Crippen LogP contribution is -2.38. The highest BCUT2D eigenvalue weighted by atomic mass is 35.5. The van der Waals surface area contributed by atoms with Crippen molar-refractivity contribution in [2.45, 2.75) is 50.8 Å². The fourth-order valence-electron chi connectivity index (χ4n) is 4.35. The Labute approximate surface area is 163 Å². The second kappa shape index (κ2) is 7.41. The number of rotatable bonds is 4. The second-order valence-electron chi connectivity index (χ2n) is 7.54. The maximum absolute atomic E-state index is 13.0. The number of fused-ring (bicyclic) bond motifs is 1. The van der Waals surface area contributed by atoms with E-state index in [1.807, 2.05) is 6.92 Å². The van der Waals surface area contributed by atoms with Gasteiger partial charge in [-0.1, -0.05) is 0 Å². The van der Waals surface area contributed by atoms with Gasteiger partial charge in [0.2, 0.25) is 11.2 Å². The van der Waals surface area contributed by atoms with Crippen molar-refractivity contribution in [2.75, 3.05) is 26.8 Å². The predicted molar refractivity (Wildman–Crippen MR) is 103 cm³/mol. The van der Waals surface area contributed by atoms with E-state index in [9.17, 15) is 4.79 Å². The zero-order valence-electron chi connectivity index (χ0n) is 16.0. The Kier molecular flexibility index (Phi) is 5.13. The van der Waals surface area contributed by atoms with Crippen molar-refractivity contribution < 1.29 is 9.47 Å². The summed E-state index contributed by atoms with van der Waals surface area (Å²) < 4.78 is 15.0. The minimum atomic E-state index is -0.121. The zero-order valence-corrected chi connectivity index (χ0v) is 16.8. The summed E-state index contributed by atoms with van der Waals surface area (Å²) in [6.45, 7) is 4.39. The van der Waals surface area contributed by atoms with Crippen molar-refractivity contribution in [3.05, 3.63) is 15.8 Å². The quantitative estimate of drug-likeness (QED) is 0.737. The summed E-state index contributed by atoms with van der Waals surface area (Å²) in [5.41, 5.74) is 1.02. The molecule has 8 nitrogen and oxygen atoms in total. The summed E-state index contributed by atoms with van der Waals surface area (Å²) in [5, 5.41) is 0.0934. The smallest absolute Gasteiger partial charge is 0.330 e. The Morgan fingerprint density at radius 2 is 1.96 bits per heavy atom. The van der Waals surface area contributed by atoms with Gasteiger partial charge in [-0.25, -0.2) is 4.79 Å². The van der Waals surface area contributed by atoms with Crippen molar-refractivity contribution >= 4 is 22.8 Å². The van der Waals surface area contributed by atoms with Gasteiger partial charge in [0, 0.05) is 32.3 Å². The van der Waals surface area contributed by atoms with Gasteiger partial charge >= 0.3 is 5.69 Å². The van der Waals surface area contributed by atoms with E-state index in [-0.39, 0.29) is 23.1 Å². The molecule has 9 heteroatoms. The van der Waals surface area contributed by atoms with Gasteiger partial charge in [-0.05, 0) is 57.8 Å². The number of imidazole rings is 1. The highest BCUT2D eigenvalue weighted by Crippen LogP contribution is 2.30. The van der Waals surface area contributed by atoms with Crippen molar-refractivity contribution in [1.29, 1.82) is 0 Å². The molecular weight excluding hydrogens is 370 g/mol. The third-order valence-corrected chi connectivity index (χ3v) is 6.00. The van der Waals surface area contributed by atoms with E-state index in [1.165, 1.54) is 0 Å². The molecule has 0 N–H and O–H groups in total. The summed E-state index contributed by atoms with van der Waals surface area (Å²) >= 11 is 6.21. The molecule has 27 heavy (non-hydrogen) atoms. The topological polar surface area (TPSA) is 74.4 Å². The van der Waals surface area contributed by atoms with Gasteiger partial charge in [0.05, 0.1) is 0 Å². The standard InChI is InChI=1S/C18H26ClN5O3/c1-11(13-5-4-8-22(13)2)27-16-14-15(20-17(19)21-16)24(18(25)23(14)3)12-6-9-26-10-7-12/h11-13H,4-10H2,1-3H3/t11-,13-/m0/s1. The van der Waals surface area contributed by atoms with E-state index < -0.39 is 0 Å². The molecule has 0 radical (unpaired) electrons. The number of aromatic nitrogens is 4. The molecule has 0 aromatic carbocycles. The van der Waals surface area contributed by atoms with E-state index in [0.29, 0.717) is 36.3 Å². The van der Waals surface area contributed by atoms with Crippen LogP contribution in [0.15, 0.2) is 4.79 Å². The van der Waals surface area contributed by atoms with Crippen LogP contribution >= 0.6 is 11.6 Å². The lowest BCUT2D eigenvalue weighted by Gasteiger charge is -2.26. The predicted octanol–water partition coefficient (Wildman–Crippen LogP) is 2.00. The molecule has 2 aromatic rings. The Bertz CT molecular complexity index is 889. The first-order chi connectivity index (χ1) is 13.0. The Morgan fingerprint density at radius 1 is 1.22 bits per heavy atom. The van der Waals surface area contributed by atoms with Crippen LogP contribution in [0.1, 0.15) is 38.6 Å². The van der Waals surface area contributed by atoms with Crippen molar-refractivity contribution in [1.82, 2.24) is 24.0 Å². The first kappa shape index (κ1) is 18.7. The third-order valence-electron chi connectivity index (χ3n) is 5.84. The van der Waals surface area contributed by atoms with Gasteiger partial charge in [0.25, 0.3) is 0 Å². The summed E-state index contributed by atoms with van der Waals surface area (Å²) in [6.07, 6.45) is 3.74. The molecule has 4 heterocycles. The Morgan fingerprint density at radius 3 is 2.63 bits per heavy atom. The van der Waals surface area contributed by atoms with E-state index >= 15 is 0 Å². The fraction of sp³-hybridized carbons (Fsp3) is 0.722. The molecule has 0 spiro atoms. The van der Waals surface area contributed by atoms with Crippen LogP contribution < -0.4 is 10.4 Å². The number of aryl methyl sites for hydroxylation is 1. The Hall–Kier alpha value is -1.64. The molecule has 4 rings (SSSR count). The van der Waals surface area contributed by atoms with E-state index in [0.717, 1.165) is 32.2 Å². The average molecular weight is 396 g/mol. The molecule has 0 aliphatic carbocycles. The molecule has 0 amide bonds. The molecule has 148 valence electrons. The highest BCUT2D eigenvalue weighted by Gasteiger charge is 2.30. The van der Waals surface area contributed by atoms with Crippen LogP contribution in [0.25, 0.3) is 11.2 Å². The number of ether oxygens (including phenoxy) is 2. The average Bonchev–Trinajstić information content (AvgIpc) is 3.17. The largest absolute Gasteiger partial charge is 0.471 e.